The van der Waals surface area contributed by atoms with Gasteiger partial charge in [0.15, 0.2) is 5.76 Å². The summed E-state index contributed by atoms with van der Waals surface area (Å²) in [5, 5.41) is 2.60. The van der Waals surface area contributed by atoms with Gasteiger partial charge in [-0.05, 0) is 13.3 Å². The number of aryl methyl sites for hydroxylation is 1. The van der Waals surface area contributed by atoms with Crippen LogP contribution in [0, 0.1) is 6.92 Å². The van der Waals surface area contributed by atoms with E-state index in [2.05, 4.69) is 5.32 Å². The zero-order chi connectivity index (χ0) is 15.9. The third-order valence-corrected chi connectivity index (χ3v) is 3.97. The van der Waals surface area contributed by atoms with Gasteiger partial charge in [0.1, 0.15) is 10.7 Å². The molecule has 0 aliphatic heterocycles. The molecule has 7 nitrogen and oxygen atoms in total. The number of halogens is 1. The fourth-order valence-electron chi connectivity index (χ4n) is 1.53. The highest BCUT2D eigenvalue weighted by atomic mass is 35.7. The van der Waals surface area contributed by atoms with Gasteiger partial charge in [-0.3, -0.25) is 4.79 Å². The molecule has 1 heterocycles. The quantitative estimate of drug-likeness (QED) is 0.538. The van der Waals surface area contributed by atoms with Gasteiger partial charge in [0.05, 0.1) is 13.2 Å². The van der Waals surface area contributed by atoms with E-state index >= 15 is 0 Å². The van der Waals surface area contributed by atoms with Gasteiger partial charge < -0.3 is 19.2 Å². The van der Waals surface area contributed by atoms with Crippen molar-refractivity contribution in [1.82, 2.24) is 5.32 Å². The molecule has 0 fully saturated rings. The van der Waals surface area contributed by atoms with Gasteiger partial charge in [0.2, 0.25) is 0 Å². The minimum atomic E-state index is -3.92. The van der Waals surface area contributed by atoms with E-state index in [1.807, 2.05) is 0 Å². The Morgan fingerprint density at radius 2 is 2.10 bits per heavy atom. The Labute approximate surface area is 128 Å². The molecule has 1 rings (SSSR count). The summed E-state index contributed by atoms with van der Waals surface area (Å²) in [5.41, 5.74) is 0. The lowest BCUT2D eigenvalue weighted by atomic mass is 10.4. The Bertz CT molecular complexity index is 568. The highest BCUT2D eigenvalue weighted by Crippen LogP contribution is 2.23. The smallest absolute Gasteiger partial charge is 0.287 e. The molecule has 0 saturated heterocycles. The molecule has 0 aliphatic rings. The molecule has 0 unspecified atom stereocenters. The zero-order valence-electron chi connectivity index (χ0n) is 11.8. The summed E-state index contributed by atoms with van der Waals surface area (Å²) < 4.78 is 37.6. The summed E-state index contributed by atoms with van der Waals surface area (Å²) in [6.07, 6.45) is 0.621. The van der Waals surface area contributed by atoms with Crippen molar-refractivity contribution in [2.75, 3.05) is 33.5 Å². The predicted octanol–water partition coefficient (Wildman–Crippen LogP) is 1.30. The third kappa shape index (κ3) is 6.04. The summed E-state index contributed by atoms with van der Waals surface area (Å²) in [6.45, 7) is 3.32. The zero-order valence-corrected chi connectivity index (χ0v) is 13.4. The first-order chi connectivity index (χ1) is 9.86. The van der Waals surface area contributed by atoms with Crippen molar-refractivity contribution in [3.63, 3.8) is 0 Å². The molecule has 0 aromatic carbocycles. The number of methoxy groups -OCH3 is 1. The van der Waals surface area contributed by atoms with Gasteiger partial charge in [-0.2, -0.15) is 0 Å². The lowest BCUT2D eigenvalue weighted by Gasteiger charge is -2.04. The molecule has 0 saturated carbocycles. The van der Waals surface area contributed by atoms with Crippen molar-refractivity contribution >= 4 is 25.6 Å². The van der Waals surface area contributed by atoms with Crippen LogP contribution in [-0.2, 0) is 18.5 Å². The Kier molecular flexibility index (Phi) is 7.16. The van der Waals surface area contributed by atoms with Crippen LogP contribution < -0.4 is 5.32 Å². The minimum Gasteiger partial charge on any atom is -0.455 e. The highest BCUT2D eigenvalue weighted by Gasteiger charge is 2.21. The van der Waals surface area contributed by atoms with Crippen LogP contribution in [0.5, 0.6) is 0 Å². The fraction of sp³-hybridized carbons (Fsp3) is 0.583. The third-order valence-electron chi connectivity index (χ3n) is 2.54. The molecule has 0 aliphatic carbocycles. The first-order valence-electron chi connectivity index (χ1n) is 6.26. The van der Waals surface area contributed by atoms with E-state index < -0.39 is 15.0 Å². The van der Waals surface area contributed by atoms with Crippen LogP contribution in [0.25, 0.3) is 0 Å². The second kappa shape index (κ2) is 8.38. The largest absolute Gasteiger partial charge is 0.455 e. The second-order valence-electron chi connectivity index (χ2n) is 4.18. The summed E-state index contributed by atoms with van der Waals surface area (Å²) in [4.78, 5) is 11.6. The summed E-state index contributed by atoms with van der Waals surface area (Å²) >= 11 is 0. The summed E-state index contributed by atoms with van der Waals surface area (Å²) in [5.74, 6) is -0.508. The van der Waals surface area contributed by atoms with Crippen LogP contribution in [-0.4, -0.2) is 47.8 Å². The van der Waals surface area contributed by atoms with Crippen LogP contribution >= 0.6 is 10.7 Å². The normalized spacial score (nSPS) is 11.6. The van der Waals surface area contributed by atoms with Gasteiger partial charge in [0.25, 0.3) is 15.0 Å². The first kappa shape index (κ1) is 18.0. The molecular formula is C12H18ClNO6S. The number of hydrogen-bond donors (Lipinski definition) is 1. The average molecular weight is 340 g/mol. The topological polar surface area (TPSA) is 94.8 Å². The number of rotatable bonds is 9. The van der Waals surface area contributed by atoms with E-state index in [-0.39, 0.29) is 16.4 Å². The first-order valence-corrected chi connectivity index (χ1v) is 8.57. The van der Waals surface area contributed by atoms with Crippen LogP contribution in [0.15, 0.2) is 15.4 Å². The molecule has 120 valence electrons. The van der Waals surface area contributed by atoms with E-state index in [0.29, 0.717) is 32.8 Å². The van der Waals surface area contributed by atoms with Crippen LogP contribution in [0.4, 0.5) is 0 Å². The van der Waals surface area contributed by atoms with E-state index in [9.17, 15) is 13.2 Å². The molecule has 1 amide bonds. The molecule has 0 spiro atoms. The Morgan fingerprint density at radius 3 is 2.67 bits per heavy atom. The van der Waals surface area contributed by atoms with Gasteiger partial charge in [0, 0.05) is 37.0 Å². The van der Waals surface area contributed by atoms with Crippen molar-refractivity contribution in [2.24, 2.45) is 0 Å². The van der Waals surface area contributed by atoms with Gasteiger partial charge in [-0.15, -0.1) is 0 Å². The maximum absolute atomic E-state index is 11.8. The second-order valence-corrected chi connectivity index (χ2v) is 6.72. The van der Waals surface area contributed by atoms with Gasteiger partial charge in [-0.1, -0.05) is 0 Å². The standard InChI is InChI=1S/C12H18ClNO6S/c1-9-11(21(13,16)17)8-10(20-9)12(15)14-4-3-5-19-7-6-18-2/h8H,3-7H2,1-2H3,(H,14,15). The molecule has 0 radical (unpaired) electrons. The number of amides is 1. The molecule has 21 heavy (non-hydrogen) atoms. The summed E-state index contributed by atoms with van der Waals surface area (Å²) in [7, 11) is 2.89. The van der Waals surface area contributed by atoms with Crippen LogP contribution in [0.1, 0.15) is 22.7 Å². The van der Waals surface area contributed by atoms with Crippen molar-refractivity contribution in [3.8, 4) is 0 Å². The molecule has 0 atom stereocenters. The predicted molar refractivity (Wildman–Crippen MR) is 76.1 cm³/mol. The fourth-order valence-corrected chi connectivity index (χ4v) is 2.62. The number of hydrogen-bond acceptors (Lipinski definition) is 6. The maximum Gasteiger partial charge on any atom is 0.287 e. The summed E-state index contributed by atoms with van der Waals surface area (Å²) in [6, 6.07) is 1.11. The molecule has 1 N–H and O–H groups in total. The van der Waals surface area contributed by atoms with E-state index in [1.54, 1.807) is 7.11 Å². The SMILES string of the molecule is COCCOCCCNC(=O)c1cc(S(=O)(=O)Cl)c(C)o1. The minimum absolute atomic E-state index is 0.0815. The van der Waals surface area contributed by atoms with E-state index in [0.717, 1.165) is 6.07 Å². The average Bonchev–Trinajstić information content (AvgIpc) is 2.79. The Hall–Kier alpha value is -1.09. The van der Waals surface area contributed by atoms with Crippen molar-refractivity contribution in [3.05, 3.63) is 17.6 Å². The monoisotopic (exact) mass is 339 g/mol. The lowest BCUT2D eigenvalue weighted by molar-refractivity contribution is 0.0686. The van der Waals surface area contributed by atoms with Gasteiger partial charge >= 0.3 is 0 Å². The maximum atomic E-state index is 11.8. The molecule has 1 aromatic rings. The highest BCUT2D eigenvalue weighted by molar-refractivity contribution is 8.13. The number of furan rings is 1. The molecule has 9 heteroatoms. The number of nitrogens with one attached hydrogen (secondary N) is 1. The van der Waals surface area contributed by atoms with Crippen molar-refractivity contribution in [1.29, 1.82) is 0 Å². The van der Waals surface area contributed by atoms with Crippen LogP contribution in [0.2, 0.25) is 0 Å². The van der Waals surface area contributed by atoms with E-state index in [1.165, 1.54) is 6.92 Å². The lowest BCUT2D eigenvalue weighted by Crippen LogP contribution is -2.25. The molecule has 1 aromatic heterocycles. The van der Waals surface area contributed by atoms with E-state index in [4.69, 9.17) is 24.6 Å². The number of ether oxygens (including phenoxy) is 2. The van der Waals surface area contributed by atoms with Gasteiger partial charge in [-0.25, -0.2) is 8.42 Å². The molecule has 0 bridgehead atoms. The van der Waals surface area contributed by atoms with Crippen LogP contribution in [0.3, 0.4) is 0 Å². The number of carbonyl (C=O) groups excluding carboxylic acids is 1. The molecular weight excluding hydrogens is 322 g/mol. The van der Waals surface area contributed by atoms with Crippen molar-refractivity contribution < 1.29 is 27.1 Å². The number of carbonyl (C=O) groups is 1. The Morgan fingerprint density at radius 1 is 1.38 bits per heavy atom. The Balaban J connectivity index is 2.40. The van der Waals surface area contributed by atoms with Crippen molar-refractivity contribution in [2.45, 2.75) is 18.2 Å².